The second-order valence-electron chi connectivity index (χ2n) is 7.52. The summed E-state index contributed by atoms with van der Waals surface area (Å²) in [6.45, 7) is 5.58. The minimum absolute atomic E-state index is 0.352. The second kappa shape index (κ2) is 9.36. The predicted molar refractivity (Wildman–Crippen MR) is 117 cm³/mol. The van der Waals surface area contributed by atoms with Gasteiger partial charge in [0.25, 0.3) is 11.1 Å². The number of amides is 2. The summed E-state index contributed by atoms with van der Waals surface area (Å²) in [5, 5.41) is 5.42. The molecule has 2 N–H and O–H groups in total. The van der Waals surface area contributed by atoms with Gasteiger partial charge in [0.15, 0.2) is 0 Å². The van der Waals surface area contributed by atoms with E-state index in [2.05, 4.69) is 42.6 Å². The van der Waals surface area contributed by atoms with Crippen molar-refractivity contribution in [2.75, 3.05) is 24.5 Å². The Morgan fingerprint density at radius 1 is 1.23 bits per heavy atom. The zero-order valence-electron chi connectivity index (χ0n) is 16.8. The fourth-order valence-corrected chi connectivity index (χ4v) is 4.16. The Morgan fingerprint density at radius 3 is 2.77 bits per heavy atom. The van der Waals surface area contributed by atoms with E-state index in [1.807, 2.05) is 13.1 Å². The van der Waals surface area contributed by atoms with Gasteiger partial charge in [-0.05, 0) is 67.8 Å². The number of aryl methyl sites for hydroxylation is 1. The molecule has 156 valence electrons. The van der Waals surface area contributed by atoms with Gasteiger partial charge in [-0.3, -0.25) is 19.9 Å². The molecule has 30 heavy (non-hydrogen) atoms. The molecule has 4 heterocycles. The summed E-state index contributed by atoms with van der Waals surface area (Å²) >= 11 is 0.893. The zero-order valence-corrected chi connectivity index (χ0v) is 17.6. The molecule has 0 spiro atoms. The lowest BCUT2D eigenvalue weighted by Crippen LogP contribution is -2.38. The number of aromatic nitrogens is 3. The fraction of sp³-hybridized carbons (Fsp3) is 0.381. The van der Waals surface area contributed by atoms with Crippen molar-refractivity contribution in [3.8, 4) is 0 Å². The molecule has 2 amide bonds. The number of anilines is 1. The van der Waals surface area contributed by atoms with Crippen LogP contribution in [0.25, 0.3) is 6.08 Å². The second-order valence-corrected chi connectivity index (χ2v) is 8.54. The van der Waals surface area contributed by atoms with Crippen LogP contribution >= 0.6 is 11.8 Å². The first-order valence-electron chi connectivity index (χ1n) is 10.0. The first-order valence-corrected chi connectivity index (χ1v) is 10.8. The third kappa shape index (κ3) is 5.22. The molecule has 0 saturated carbocycles. The van der Waals surface area contributed by atoms with Gasteiger partial charge < -0.3 is 10.2 Å². The number of rotatable bonds is 6. The predicted octanol–water partition coefficient (Wildman–Crippen LogP) is 2.51. The van der Waals surface area contributed by atoms with Crippen molar-refractivity contribution in [1.82, 2.24) is 25.6 Å². The van der Waals surface area contributed by atoms with Crippen LogP contribution in [-0.2, 0) is 11.3 Å². The SMILES string of the molecule is Cc1ccc(CNCC2CCN(c3nccc(/C=C4\SC(=O)NC4=O)n3)CC2)nc1. The Balaban J connectivity index is 1.28. The Kier molecular flexibility index (Phi) is 6.39. The van der Waals surface area contributed by atoms with E-state index in [1.165, 1.54) is 5.56 Å². The van der Waals surface area contributed by atoms with Crippen molar-refractivity contribution in [1.29, 1.82) is 0 Å². The quantitative estimate of drug-likeness (QED) is 0.683. The van der Waals surface area contributed by atoms with Crippen molar-refractivity contribution >= 4 is 34.9 Å². The molecule has 2 aliphatic rings. The van der Waals surface area contributed by atoms with Gasteiger partial charge in [0.1, 0.15) is 0 Å². The van der Waals surface area contributed by atoms with Crippen LogP contribution in [0.4, 0.5) is 10.7 Å². The maximum atomic E-state index is 11.7. The van der Waals surface area contributed by atoms with Crippen LogP contribution in [0, 0.1) is 12.8 Å². The number of hydrogen-bond acceptors (Lipinski definition) is 8. The lowest BCUT2D eigenvalue weighted by Gasteiger charge is -2.32. The maximum absolute atomic E-state index is 11.7. The van der Waals surface area contributed by atoms with E-state index in [1.54, 1.807) is 18.3 Å². The van der Waals surface area contributed by atoms with Gasteiger partial charge in [0.2, 0.25) is 5.95 Å². The number of carbonyl (C=O) groups is 2. The average Bonchev–Trinajstić information content (AvgIpc) is 3.07. The third-order valence-corrected chi connectivity index (χ3v) is 6.01. The summed E-state index contributed by atoms with van der Waals surface area (Å²) in [6.07, 6.45) is 7.35. The monoisotopic (exact) mass is 424 g/mol. The van der Waals surface area contributed by atoms with E-state index in [-0.39, 0.29) is 11.1 Å². The lowest BCUT2D eigenvalue weighted by molar-refractivity contribution is -0.115. The van der Waals surface area contributed by atoms with Gasteiger partial charge in [-0.15, -0.1) is 0 Å². The topological polar surface area (TPSA) is 100 Å². The first-order chi connectivity index (χ1) is 14.6. The number of imide groups is 1. The van der Waals surface area contributed by atoms with E-state index in [4.69, 9.17) is 0 Å². The van der Waals surface area contributed by atoms with E-state index in [9.17, 15) is 9.59 Å². The van der Waals surface area contributed by atoms with E-state index >= 15 is 0 Å². The van der Waals surface area contributed by atoms with E-state index < -0.39 is 0 Å². The number of piperidine rings is 1. The van der Waals surface area contributed by atoms with E-state index in [0.29, 0.717) is 22.5 Å². The molecule has 0 atom stereocenters. The summed E-state index contributed by atoms with van der Waals surface area (Å²) in [4.78, 5) is 38.9. The summed E-state index contributed by atoms with van der Waals surface area (Å²) in [5.74, 6) is 0.898. The number of carbonyl (C=O) groups excluding carboxylic acids is 2. The number of thioether (sulfide) groups is 1. The average molecular weight is 425 g/mol. The summed E-state index contributed by atoms with van der Waals surface area (Å²) in [6, 6.07) is 5.89. The molecule has 2 saturated heterocycles. The summed E-state index contributed by atoms with van der Waals surface area (Å²) in [5.41, 5.74) is 2.86. The smallest absolute Gasteiger partial charge is 0.290 e. The molecule has 2 aliphatic heterocycles. The Hall–Kier alpha value is -2.78. The van der Waals surface area contributed by atoms with Crippen molar-refractivity contribution in [3.63, 3.8) is 0 Å². The van der Waals surface area contributed by atoms with Gasteiger partial charge in [0, 0.05) is 32.0 Å². The highest BCUT2D eigenvalue weighted by atomic mass is 32.2. The van der Waals surface area contributed by atoms with Crippen molar-refractivity contribution in [2.45, 2.75) is 26.3 Å². The molecule has 0 aliphatic carbocycles. The molecule has 9 heteroatoms. The molecule has 8 nitrogen and oxygen atoms in total. The largest absolute Gasteiger partial charge is 0.341 e. The maximum Gasteiger partial charge on any atom is 0.290 e. The Bertz CT molecular complexity index is 954. The summed E-state index contributed by atoms with van der Waals surface area (Å²) < 4.78 is 0. The highest BCUT2D eigenvalue weighted by Crippen LogP contribution is 2.26. The first kappa shape index (κ1) is 20.5. The van der Waals surface area contributed by atoms with Gasteiger partial charge in [0.05, 0.1) is 16.3 Å². The van der Waals surface area contributed by atoms with Crippen LogP contribution in [-0.4, -0.2) is 45.7 Å². The van der Waals surface area contributed by atoms with E-state index in [0.717, 1.165) is 56.5 Å². The van der Waals surface area contributed by atoms with Gasteiger partial charge in [-0.1, -0.05) is 6.07 Å². The minimum Gasteiger partial charge on any atom is -0.341 e. The molecular formula is C21H24N6O2S. The fourth-order valence-electron chi connectivity index (χ4n) is 3.49. The van der Waals surface area contributed by atoms with Crippen LogP contribution in [0.3, 0.4) is 0 Å². The Labute approximate surface area is 179 Å². The Morgan fingerprint density at radius 2 is 2.07 bits per heavy atom. The van der Waals surface area contributed by atoms with Gasteiger partial charge >= 0.3 is 0 Å². The van der Waals surface area contributed by atoms with Crippen LogP contribution in [0.15, 0.2) is 35.5 Å². The molecule has 2 aromatic rings. The zero-order chi connectivity index (χ0) is 20.9. The molecule has 0 aromatic carbocycles. The van der Waals surface area contributed by atoms with Crippen LogP contribution in [0.5, 0.6) is 0 Å². The van der Waals surface area contributed by atoms with Gasteiger partial charge in [-0.2, -0.15) is 0 Å². The molecule has 2 aromatic heterocycles. The standard InChI is InChI=1S/C21H24N6O2S/c1-14-2-3-17(24-11-14)13-22-12-15-5-8-27(9-6-15)20-23-7-4-16(25-20)10-18-19(28)26-21(29)30-18/h2-4,7,10-11,15,22H,5-6,8-9,12-13H2,1H3,(H,26,28,29)/b18-10-. The molecule has 0 bridgehead atoms. The highest BCUT2D eigenvalue weighted by Gasteiger charge is 2.25. The minimum atomic E-state index is -0.376. The number of nitrogens with zero attached hydrogens (tertiary/aromatic N) is 4. The van der Waals surface area contributed by atoms with Crippen LogP contribution in [0.2, 0.25) is 0 Å². The number of pyridine rings is 1. The van der Waals surface area contributed by atoms with Crippen LogP contribution in [0.1, 0.15) is 29.8 Å². The molecule has 0 radical (unpaired) electrons. The number of hydrogen-bond donors (Lipinski definition) is 2. The highest BCUT2D eigenvalue weighted by molar-refractivity contribution is 8.18. The lowest BCUT2D eigenvalue weighted by atomic mass is 9.97. The normalized spacial score (nSPS) is 18.8. The van der Waals surface area contributed by atoms with Crippen molar-refractivity contribution < 1.29 is 9.59 Å². The van der Waals surface area contributed by atoms with Crippen molar-refractivity contribution in [2.24, 2.45) is 5.92 Å². The van der Waals surface area contributed by atoms with Gasteiger partial charge in [-0.25, -0.2) is 9.97 Å². The third-order valence-electron chi connectivity index (χ3n) is 5.19. The number of nitrogens with one attached hydrogen (secondary N) is 2. The molecule has 2 fully saturated rings. The van der Waals surface area contributed by atoms with Crippen LogP contribution < -0.4 is 15.5 Å². The van der Waals surface area contributed by atoms with Crippen molar-refractivity contribution in [3.05, 3.63) is 52.4 Å². The molecule has 4 rings (SSSR count). The molecular weight excluding hydrogens is 400 g/mol. The molecule has 0 unspecified atom stereocenters. The summed E-state index contributed by atoms with van der Waals surface area (Å²) in [7, 11) is 0.